The van der Waals surface area contributed by atoms with Crippen molar-refractivity contribution in [2.45, 2.75) is 49.3 Å². The lowest BCUT2D eigenvalue weighted by molar-refractivity contribution is -0.171. The molecule has 0 aliphatic heterocycles. The molecule has 0 unspecified atom stereocenters. The molecule has 29 heavy (non-hydrogen) atoms. The van der Waals surface area contributed by atoms with Crippen LogP contribution in [0.1, 0.15) is 38.5 Å². The fourth-order valence-electron chi connectivity index (χ4n) is 5.31. The van der Waals surface area contributed by atoms with Crippen LogP contribution < -0.4 is 0 Å². The van der Waals surface area contributed by atoms with Crippen molar-refractivity contribution >= 4 is 26.0 Å². The van der Waals surface area contributed by atoms with E-state index in [2.05, 4.69) is 4.74 Å². The first-order chi connectivity index (χ1) is 13.0. The van der Waals surface area contributed by atoms with Gasteiger partial charge in [0.15, 0.2) is 0 Å². The quantitative estimate of drug-likeness (QED) is 0.438. The van der Waals surface area contributed by atoms with Crippen molar-refractivity contribution in [1.29, 1.82) is 0 Å². The molecule has 0 amide bonds. The van der Waals surface area contributed by atoms with E-state index in [0.29, 0.717) is 37.0 Å². The molecule has 14 heteroatoms. The van der Waals surface area contributed by atoms with E-state index in [9.17, 15) is 43.6 Å². The van der Waals surface area contributed by atoms with Crippen LogP contribution in [0.2, 0.25) is 0 Å². The summed E-state index contributed by atoms with van der Waals surface area (Å²) in [4.78, 5) is 11.8. The number of hydrogen-bond acceptors (Lipinski definition) is 6. The van der Waals surface area contributed by atoms with Gasteiger partial charge in [0.1, 0.15) is 0 Å². The predicted octanol–water partition coefficient (Wildman–Crippen LogP) is 2.45. The molecule has 4 bridgehead atoms. The van der Waals surface area contributed by atoms with E-state index in [1.54, 1.807) is 0 Å². The van der Waals surface area contributed by atoms with Gasteiger partial charge in [-0.05, 0) is 56.3 Å². The number of carbonyl (C=O) groups excluding carboxylic acids is 1. The van der Waals surface area contributed by atoms with Crippen LogP contribution in [0.5, 0.6) is 0 Å². The number of nitrogens with zero attached hydrogens (tertiary/aromatic N) is 1. The standard InChI is InChI=1S/C15H20F5NO6S2/c1-21(29(25,26)15(18,19)20)28(23,24)14(16,17)12(22)27-8-13-5-9-2-10(6-13)4-11(3-9)7-13/h9-11H,2-8H2,1H3. The molecule has 0 aromatic rings. The Bertz CT molecular complexity index is 863. The summed E-state index contributed by atoms with van der Waals surface area (Å²) < 4.78 is 115. The predicted molar refractivity (Wildman–Crippen MR) is 88.2 cm³/mol. The fraction of sp³-hybridized carbons (Fsp3) is 0.933. The van der Waals surface area contributed by atoms with Crippen LogP contribution in [0.4, 0.5) is 22.0 Å². The molecule has 4 aliphatic rings. The van der Waals surface area contributed by atoms with Crippen LogP contribution in [0, 0.1) is 23.2 Å². The van der Waals surface area contributed by atoms with Crippen molar-refractivity contribution < 1.29 is 48.3 Å². The van der Waals surface area contributed by atoms with E-state index in [1.165, 1.54) is 0 Å². The summed E-state index contributed by atoms with van der Waals surface area (Å²) in [6, 6.07) is 0. The van der Waals surface area contributed by atoms with Crippen LogP contribution >= 0.6 is 0 Å². The van der Waals surface area contributed by atoms with Crippen LogP contribution in [0.3, 0.4) is 0 Å². The Balaban J connectivity index is 1.74. The molecule has 0 aromatic carbocycles. The first-order valence-corrected chi connectivity index (χ1v) is 11.7. The lowest BCUT2D eigenvalue weighted by Gasteiger charge is -2.56. The summed E-state index contributed by atoms with van der Waals surface area (Å²) in [5.74, 6) is -1.44. The molecular weight excluding hydrogens is 449 g/mol. The highest BCUT2D eigenvalue weighted by molar-refractivity contribution is 8.05. The SMILES string of the molecule is CN(S(=O)(=O)C(F)(F)F)S(=O)(=O)C(F)(F)C(=O)OCC12CC3CC(CC(C3)C1)C2. The van der Waals surface area contributed by atoms with E-state index < -0.39 is 52.5 Å². The van der Waals surface area contributed by atoms with E-state index in [-0.39, 0.29) is 7.05 Å². The van der Waals surface area contributed by atoms with Crippen LogP contribution in [-0.2, 0) is 29.6 Å². The lowest BCUT2D eigenvalue weighted by Crippen LogP contribution is -2.53. The third-order valence-corrected chi connectivity index (χ3v) is 10.1. The minimum Gasteiger partial charge on any atom is -0.460 e. The zero-order valence-electron chi connectivity index (χ0n) is 15.3. The normalized spacial score (nSPS) is 32.6. The molecule has 0 heterocycles. The number of carbonyl (C=O) groups is 1. The number of halogens is 5. The molecule has 0 N–H and O–H groups in total. The van der Waals surface area contributed by atoms with Crippen molar-refractivity contribution in [3.8, 4) is 0 Å². The second-order valence-corrected chi connectivity index (χ2v) is 12.5. The average Bonchev–Trinajstić information content (AvgIpc) is 2.56. The Morgan fingerprint density at radius 3 is 1.72 bits per heavy atom. The molecule has 4 rings (SSSR count). The second kappa shape index (κ2) is 6.74. The summed E-state index contributed by atoms with van der Waals surface area (Å²) in [5.41, 5.74) is -6.69. The van der Waals surface area contributed by atoms with Crippen molar-refractivity contribution in [2.24, 2.45) is 23.2 Å². The maximum atomic E-state index is 14.2. The van der Waals surface area contributed by atoms with Crippen molar-refractivity contribution in [2.75, 3.05) is 13.7 Å². The lowest BCUT2D eigenvalue weighted by atomic mass is 9.50. The monoisotopic (exact) mass is 469 g/mol. The number of ether oxygens (including phenoxy) is 1. The zero-order chi connectivity index (χ0) is 22.0. The van der Waals surface area contributed by atoms with Gasteiger partial charge in [0.2, 0.25) is 0 Å². The van der Waals surface area contributed by atoms with Gasteiger partial charge in [0, 0.05) is 12.5 Å². The minimum atomic E-state index is -6.64. The summed E-state index contributed by atoms with van der Waals surface area (Å²) >= 11 is 0. The van der Waals surface area contributed by atoms with E-state index in [1.807, 2.05) is 0 Å². The molecule has 168 valence electrons. The molecule has 4 aliphatic carbocycles. The Labute approximate surface area is 164 Å². The minimum absolute atomic E-state index is 0.210. The van der Waals surface area contributed by atoms with Gasteiger partial charge >= 0.3 is 36.8 Å². The number of rotatable bonds is 6. The van der Waals surface area contributed by atoms with Gasteiger partial charge in [0.05, 0.1) is 6.61 Å². The number of sulfonamides is 2. The molecule has 0 saturated heterocycles. The van der Waals surface area contributed by atoms with Gasteiger partial charge in [0.25, 0.3) is 0 Å². The Kier molecular flexibility index (Phi) is 5.27. The van der Waals surface area contributed by atoms with E-state index in [4.69, 9.17) is 0 Å². The van der Waals surface area contributed by atoms with Gasteiger partial charge in [-0.25, -0.2) is 21.6 Å². The van der Waals surface area contributed by atoms with E-state index in [0.717, 1.165) is 19.3 Å². The average molecular weight is 469 g/mol. The highest BCUT2D eigenvalue weighted by Gasteiger charge is 2.64. The molecule has 4 fully saturated rings. The summed E-state index contributed by atoms with van der Waals surface area (Å²) in [7, 11) is -13.4. The van der Waals surface area contributed by atoms with Crippen LogP contribution in [0.25, 0.3) is 0 Å². The zero-order valence-corrected chi connectivity index (χ0v) is 16.9. The summed E-state index contributed by atoms with van der Waals surface area (Å²) in [5, 5.41) is -5.50. The number of esters is 1. The molecule has 7 nitrogen and oxygen atoms in total. The summed E-state index contributed by atoms with van der Waals surface area (Å²) in [6.07, 6.45) is 4.97. The Morgan fingerprint density at radius 1 is 0.931 bits per heavy atom. The first kappa shape index (κ1) is 22.7. The van der Waals surface area contributed by atoms with Crippen LogP contribution in [0.15, 0.2) is 0 Å². The van der Waals surface area contributed by atoms with Gasteiger partial charge in [-0.15, -0.1) is 0 Å². The third-order valence-electron chi connectivity index (χ3n) is 6.21. The molecule has 0 aromatic heterocycles. The molecule has 0 spiro atoms. The first-order valence-electron chi connectivity index (χ1n) is 8.87. The van der Waals surface area contributed by atoms with E-state index >= 15 is 0 Å². The Morgan fingerprint density at radius 2 is 1.34 bits per heavy atom. The van der Waals surface area contributed by atoms with Gasteiger partial charge in [-0.2, -0.15) is 22.0 Å². The molecule has 0 radical (unpaired) electrons. The van der Waals surface area contributed by atoms with Crippen LogP contribution in [-0.4, -0.2) is 50.9 Å². The number of alkyl halides is 5. The van der Waals surface area contributed by atoms with Crippen molar-refractivity contribution in [3.05, 3.63) is 0 Å². The number of hydrogen-bond donors (Lipinski definition) is 0. The highest BCUT2D eigenvalue weighted by atomic mass is 32.3. The smallest absolute Gasteiger partial charge is 0.460 e. The summed E-state index contributed by atoms with van der Waals surface area (Å²) in [6.45, 7) is -0.476. The molecule has 0 atom stereocenters. The topological polar surface area (TPSA) is 97.8 Å². The second-order valence-electron chi connectivity index (χ2n) is 8.35. The Hall–Kier alpha value is -1.02. The van der Waals surface area contributed by atoms with Gasteiger partial charge < -0.3 is 4.74 Å². The fourth-order valence-corrected chi connectivity index (χ4v) is 7.76. The molecule has 4 saturated carbocycles. The highest BCUT2D eigenvalue weighted by Crippen LogP contribution is 2.60. The maximum Gasteiger partial charge on any atom is 0.512 e. The van der Waals surface area contributed by atoms with Crippen molar-refractivity contribution in [1.82, 2.24) is 3.71 Å². The van der Waals surface area contributed by atoms with Gasteiger partial charge in [-0.1, -0.05) is 3.71 Å². The third kappa shape index (κ3) is 3.64. The maximum absolute atomic E-state index is 14.2. The largest absolute Gasteiger partial charge is 0.512 e. The molecular formula is C15H20F5NO6S2. The van der Waals surface area contributed by atoms with Gasteiger partial charge in [-0.3, -0.25) is 0 Å². The van der Waals surface area contributed by atoms with Crippen molar-refractivity contribution in [3.63, 3.8) is 0 Å².